The van der Waals surface area contributed by atoms with Gasteiger partial charge in [0.15, 0.2) is 0 Å². The molecule has 0 aromatic rings. The summed E-state index contributed by atoms with van der Waals surface area (Å²) in [4.78, 5) is 12.4. The van der Waals surface area contributed by atoms with E-state index in [4.69, 9.17) is 34.8 Å². The fourth-order valence-corrected chi connectivity index (χ4v) is 0.686. The van der Waals surface area contributed by atoms with Crippen LogP contribution in [0.3, 0.4) is 0 Å². The Labute approximate surface area is 92.2 Å². The van der Waals surface area contributed by atoms with Gasteiger partial charge in [-0.05, 0) is 0 Å². The second-order valence-electron chi connectivity index (χ2n) is 2.34. The first-order chi connectivity index (χ1) is 5.87. The number of nitrogens with zero attached hydrogens (tertiary/aromatic N) is 1. The molecule has 0 saturated carbocycles. The summed E-state index contributed by atoms with van der Waals surface area (Å²) in [7, 11) is 1.56. The van der Waals surface area contributed by atoms with Crippen molar-refractivity contribution >= 4 is 40.9 Å². The van der Waals surface area contributed by atoms with Gasteiger partial charge in [-0.2, -0.15) is 0 Å². The van der Waals surface area contributed by atoms with Gasteiger partial charge in [-0.3, -0.25) is 0 Å². The number of carbonyl (C=O) groups is 1. The Balaban J connectivity index is 3.81. The van der Waals surface area contributed by atoms with Crippen LogP contribution in [0.2, 0.25) is 0 Å². The van der Waals surface area contributed by atoms with Crippen molar-refractivity contribution in [1.82, 2.24) is 4.90 Å². The Hall–Kier alpha value is -0.120. The number of carbonyl (C=O) groups excluding carboxylic acids is 1. The molecule has 0 radical (unpaired) electrons. The van der Waals surface area contributed by atoms with Crippen molar-refractivity contribution in [3.05, 3.63) is 12.7 Å². The first kappa shape index (κ1) is 12.9. The van der Waals surface area contributed by atoms with Gasteiger partial charge in [0.1, 0.15) is 6.61 Å². The predicted molar refractivity (Wildman–Crippen MR) is 54.5 cm³/mol. The van der Waals surface area contributed by atoms with E-state index in [-0.39, 0.29) is 6.61 Å². The summed E-state index contributed by atoms with van der Waals surface area (Å²) in [6, 6.07) is 0. The standard InChI is InChI=1S/C7H10Cl3NO2/c1-3-4-11(2)6(12)13-5-7(8,9)10/h3H,1,4-5H2,2H3. The zero-order valence-corrected chi connectivity index (χ0v) is 9.36. The number of ether oxygens (including phenoxy) is 1. The van der Waals surface area contributed by atoms with Crippen molar-refractivity contribution in [1.29, 1.82) is 0 Å². The monoisotopic (exact) mass is 245 g/mol. The van der Waals surface area contributed by atoms with E-state index in [9.17, 15) is 4.79 Å². The molecule has 0 bridgehead atoms. The fourth-order valence-electron chi connectivity index (χ4n) is 0.522. The Morgan fingerprint density at radius 2 is 2.15 bits per heavy atom. The zero-order chi connectivity index (χ0) is 10.5. The quantitative estimate of drug-likeness (QED) is 0.566. The molecule has 1 amide bonds. The molecule has 0 aliphatic carbocycles. The third-order valence-corrected chi connectivity index (χ3v) is 1.40. The van der Waals surface area contributed by atoms with Crippen molar-refractivity contribution < 1.29 is 9.53 Å². The highest BCUT2D eigenvalue weighted by Crippen LogP contribution is 2.26. The molecule has 3 nitrogen and oxygen atoms in total. The number of likely N-dealkylation sites (N-methyl/N-ethyl adjacent to an activating group) is 1. The normalized spacial score (nSPS) is 10.8. The number of amides is 1. The lowest BCUT2D eigenvalue weighted by molar-refractivity contribution is 0.116. The maximum atomic E-state index is 11.1. The third kappa shape index (κ3) is 6.99. The summed E-state index contributed by atoms with van der Waals surface area (Å²) in [6.45, 7) is 3.59. The van der Waals surface area contributed by atoms with Crippen molar-refractivity contribution in [2.45, 2.75) is 3.79 Å². The van der Waals surface area contributed by atoms with Crippen molar-refractivity contribution in [2.75, 3.05) is 20.2 Å². The zero-order valence-electron chi connectivity index (χ0n) is 7.10. The predicted octanol–water partition coefficient (Wildman–Crippen LogP) is 2.61. The SMILES string of the molecule is C=CCN(C)C(=O)OCC(Cl)(Cl)Cl. The average Bonchev–Trinajstić information content (AvgIpc) is 1.99. The smallest absolute Gasteiger partial charge is 0.409 e. The fraction of sp³-hybridized carbons (Fsp3) is 0.571. The summed E-state index contributed by atoms with van der Waals surface area (Å²) in [5.41, 5.74) is 0. The van der Waals surface area contributed by atoms with E-state index in [1.54, 1.807) is 13.1 Å². The van der Waals surface area contributed by atoms with Crippen molar-refractivity contribution in [2.24, 2.45) is 0 Å². The summed E-state index contributed by atoms with van der Waals surface area (Å²) < 4.78 is 3.10. The molecule has 13 heavy (non-hydrogen) atoms. The van der Waals surface area contributed by atoms with Gasteiger partial charge in [-0.1, -0.05) is 40.9 Å². The van der Waals surface area contributed by atoms with Gasteiger partial charge in [0.2, 0.25) is 3.79 Å². The highest BCUT2D eigenvalue weighted by Gasteiger charge is 2.22. The minimum atomic E-state index is -1.56. The lowest BCUT2D eigenvalue weighted by Crippen LogP contribution is -2.30. The summed E-state index contributed by atoms with van der Waals surface area (Å²) >= 11 is 16.1. The number of halogens is 3. The highest BCUT2D eigenvalue weighted by molar-refractivity contribution is 6.67. The molecular weight excluding hydrogens is 236 g/mol. The lowest BCUT2D eigenvalue weighted by atomic mass is 10.6. The average molecular weight is 247 g/mol. The van der Waals surface area contributed by atoms with E-state index in [1.165, 1.54) is 4.90 Å². The highest BCUT2D eigenvalue weighted by atomic mass is 35.6. The van der Waals surface area contributed by atoms with E-state index >= 15 is 0 Å². The lowest BCUT2D eigenvalue weighted by Gasteiger charge is -2.17. The molecule has 0 aliphatic rings. The van der Waals surface area contributed by atoms with Gasteiger partial charge >= 0.3 is 6.09 Å². The molecule has 6 heteroatoms. The summed E-state index contributed by atoms with van der Waals surface area (Å²) in [5, 5.41) is 0. The first-order valence-corrected chi connectivity index (χ1v) is 4.55. The number of hydrogen-bond acceptors (Lipinski definition) is 2. The number of hydrogen-bond donors (Lipinski definition) is 0. The Kier molecular flexibility index (Phi) is 5.53. The maximum absolute atomic E-state index is 11.1. The van der Waals surface area contributed by atoms with Crippen LogP contribution in [0.15, 0.2) is 12.7 Å². The van der Waals surface area contributed by atoms with Crippen LogP contribution in [0.4, 0.5) is 4.79 Å². The van der Waals surface area contributed by atoms with E-state index in [0.717, 1.165) is 0 Å². The molecule has 0 aromatic heterocycles. The van der Waals surface area contributed by atoms with Crippen LogP contribution in [0, 0.1) is 0 Å². The topological polar surface area (TPSA) is 29.5 Å². The van der Waals surface area contributed by atoms with E-state index in [2.05, 4.69) is 11.3 Å². The number of alkyl halides is 3. The van der Waals surface area contributed by atoms with Gasteiger partial charge < -0.3 is 9.64 Å². The van der Waals surface area contributed by atoms with Crippen LogP contribution in [0.25, 0.3) is 0 Å². The molecular formula is C7H10Cl3NO2. The molecule has 0 rings (SSSR count). The largest absolute Gasteiger partial charge is 0.445 e. The Morgan fingerprint density at radius 3 is 2.54 bits per heavy atom. The Morgan fingerprint density at radius 1 is 1.62 bits per heavy atom. The minimum absolute atomic E-state index is 0.266. The van der Waals surface area contributed by atoms with Crippen LogP contribution in [0.1, 0.15) is 0 Å². The van der Waals surface area contributed by atoms with E-state index < -0.39 is 9.89 Å². The van der Waals surface area contributed by atoms with Crippen LogP contribution < -0.4 is 0 Å². The molecule has 0 spiro atoms. The molecule has 0 saturated heterocycles. The van der Waals surface area contributed by atoms with Gasteiger partial charge in [0.25, 0.3) is 0 Å². The van der Waals surface area contributed by atoms with Crippen LogP contribution in [0.5, 0.6) is 0 Å². The minimum Gasteiger partial charge on any atom is -0.445 e. The number of rotatable bonds is 3. The molecule has 0 atom stereocenters. The maximum Gasteiger partial charge on any atom is 0.409 e. The summed E-state index contributed by atoms with van der Waals surface area (Å²) in [5.74, 6) is 0. The molecule has 0 aliphatic heterocycles. The third-order valence-electron chi connectivity index (χ3n) is 1.07. The van der Waals surface area contributed by atoms with Crippen LogP contribution in [-0.4, -0.2) is 35.0 Å². The van der Waals surface area contributed by atoms with Gasteiger partial charge in [0.05, 0.1) is 0 Å². The van der Waals surface area contributed by atoms with Crippen LogP contribution in [-0.2, 0) is 4.74 Å². The second kappa shape index (κ2) is 5.58. The van der Waals surface area contributed by atoms with Crippen molar-refractivity contribution in [3.63, 3.8) is 0 Å². The van der Waals surface area contributed by atoms with Gasteiger partial charge in [0, 0.05) is 13.6 Å². The molecule has 76 valence electrons. The van der Waals surface area contributed by atoms with Gasteiger partial charge in [-0.15, -0.1) is 6.58 Å². The van der Waals surface area contributed by atoms with Gasteiger partial charge in [-0.25, -0.2) is 4.79 Å². The molecule has 0 heterocycles. The summed E-state index contributed by atoms with van der Waals surface area (Å²) in [6.07, 6.45) is 1.02. The van der Waals surface area contributed by atoms with E-state index in [0.29, 0.717) is 6.54 Å². The van der Waals surface area contributed by atoms with Crippen LogP contribution >= 0.6 is 34.8 Å². The Bertz CT molecular complexity index is 191. The first-order valence-electron chi connectivity index (χ1n) is 3.42. The molecule has 0 unspecified atom stereocenters. The second-order valence-corrected chi connectivity index (χ2v) is 4.86. The molecule has 0 fully saturated rings. The molecule has 0 aromatic carbocycles. The van der Waals surface area contributed by atoms with Crippen molar-refractivity contribution in [3.8, 4) is 0 Å². The molecule has 0 N–H and O–H groups in total. The van der Waals surface area contributed by atoms with E-state index in [1.807, 2.05) is 0 Å².